The summed E-state index contributed by atoms with van der Waals surface area (Å²) in [4.78, 5) is 16.2. The molecule has 6 heteroatoms. The summed E-state index contributed by atoms with van der Waals surface area (Å²) in [5.74, 6) is -0.0819. The zero-order valence-corrected chi connectivity index (χ0v) is 16.6. The van der Waals surface area contributed by atoms with Crippen molar-refractivity contribution in [2.24, 2.45) is 0 Å². The fraction of sp³-hybridized carbons (Fsp3) is 0.0909. The number of amides is 1. The van der Waals surface area contributed by atoms with Crippen molar-refractivity contribution in [2.45, 2.75) is 13.0 Å². The average molecular weight is 406 g/mol. The van der Waals surface area contributed by atoms with Crippen LogP contribution < -0.4 is 4.90 Å². The number of aryl methyl sites for hydroxylation is 1. The topological polar surface area (TPSA) is 49.0 Å². The number of rotatable bonds is 3. The molecule has 28 heavy (non-hydrogen) atoms. The molecule has 1 aliphatic rings. The Labute approximate surface area is 171 Å². The highest BCUT2D eigenvalue weighted by Gasteiger charge is 2.43. The standard InChI is InChI=1S/C22H16ClN3OS/c1-13-4-6-14(7-5-13)19-18-20(25-24-19)22(27)26(16-10-8-15(23)9-11-16)21(18)17-3-2-12-28-17/h2-12,21H,1H3,(H,24,25). The van der Waals surface area contributed by atoms with Crippen molar-refractivity contribution in [1.29, 1.82) is 0 Å². The molecule has 0 fully saturated rings. The van der Waals surface area contributed by atoms with E-state index in [1.54, 1.807) is 11.3 Å². The average Bonchev–Trinajstić information content (AvgIpc) is 3.42. The molecule has 0 saturated carbocycles. The van der Waals surface area contributed by atoms with Crippen molar-refractivity contribution in [2.75, 3.05) is 4.90 Å². The molecule has 138 valence electrons. The lowest BCUT2D eigenvalue weighted by molar-refractivity contribution is 0.0989. The van der Waals surface area contributed by atoms with Gasteiger partial charge in [-0.25, -0.2) is 0 Å². The number of carbonyl (C=O) groups is 1. The molecule has 1 atom stereocenters. The van der Waals surface area contributed by atoms with E-state index in [1.165, 1.54) is 5.56 Å². The number of hydrogen-bond acceptors (Lipinski definition) is 3. The zero-order valence-electron chi connectivity index (χ0n) is 15.0. The minimum Gasteiger partial charge on any atom is -0.294 e. The number of H-pyrrole nitrogens is 1. The maximum atomic E-state index is 13.3. The first-order valence-corrected chi connectivity index (χ1v) is 10.2. The first-order chi connectivity index (χ1) is 13.6. The molecule has 0 spiro atoms. The van der Waals surface area contributed by atoms with E-state index in [0.29, 0.717) is 10.7 Å². The van der Waals surface area contributed by atoms with Crippen molar-refractivity contribution in [3.8, 4) is 11.3 Å². The molecular formula is C22H16ClN3OS. The van der Waals surface area contributed by atoms with Crippen LogP contribution in [0.3, 0.4) is 0 Å². The summed E-state index contributed by atoms with van der Waals surface area (Å²) in [6.45, 7) is 2.05. The summed E-state index contributed by atoms with van der Waals surface area (Å²) in [5.41, 5.74) is 5.28. The molecule has 1 unspecified atom stereocenters. The molecule has 5 rings (SSSR count). The lowest BCUT2D eigenvalue weighted by atomic mass is 10.00. The third-order valence-electron chi connectivity index (χ3n) is 5.01. The normalized spacial score (nSPS) is 15.9. The molecule has 0 aliphatic carbocycles. The van der Waals surface area contributed by atoms with E-state index < -0.39 is 0 Å². The Bertz CT molecular complexity index is 1150. The predicted molar refractivity (Wildman–Crippen MR) is 113 cm³/mol. The summed E-state index contributed by atoms with van der Waals surface area (Å²) in [6.07, 6.45) is 0. The van der Waals surface area contributed by atoms with Crippen molar-refractivity contribution >= 4 is 34.5 Å². The van der Waals surface area contributed by atoms with Gasteiger partial charge in [0.2, 0.25) is 0 Å². The van der Waals surface area contributed by atoms with Crippen LogP contribution in [-0.2, 0) is 0 Å². The van der Waals surface area contributed by atoms with Crippen LogP contribution in [0.5, 0.6) is 0 Å². The van der Waals surface area contributed by atoms with E-state index in [1.807, 2.05) is 52.7 Å². The van der Waals surface area contributed by atoms with Crippen LogP contribution in [-0.4, -0.2) is 16.1 Å². The van der Waals surface area contributed by atoms with Gasteiger partial charge in [0, 0.05) is 26.7 Å². The van der Waals surface area contributed by atoms with Gasteiger partial charge in [-0.05, 0) is 42.6 Å². The van der Waals surface area contributed by atoms with Crippen molar-refractivity contribution in [1.82, 2.24) is 10.2 Å². The molecule has 2 aromatic heterocycles. The number of benzene rings is 2. The second-order valence-electron chi connectivity index (χ2n) is 6.80. The zero-order chi connectivity index (χ0) is 19.3. The third kappa shape index (κ3) is 2.66. The van der Waals surface area contributed by atoms with E-state index in [0.717, 1.165) is 27.4 Å². The Kier molecular flexibility index (Phi) is 4.07. The van der Waals surface area contributed by atoms with Gasteiger partial charge in [-0.3, -0.25) is 14.8 Å². The molecule has 3 heterocycles. The van der Waals surface area contributed by atoms with Crippen molar-refractivity contribution in [3.05, 3.63) is 92.8 Å². The van der Waals surface area contributed by atoms with E-state index in [-0.39, 0.29) is 11.9 Å². The quantitative estimate of drug-likeness (QED) is 0.464. The summed E-state index contributed by atoms with van der Waals surface area (Å²) >= 11 is 7.69. The Hall–Kier alpha value is -2.89. The predicted octanol–water partition coefficient (Wildman–Crippen LogP) is 5.85. The second-order valence-corrected chi connectivity index (χ2v) is 8.21. The van der Waals surface area contributed by atoms with E-state index >= 15 is 0 Å². The van der Waals surface area contributed by atoms with Gasteiger partial charge < -0.3 is 0 Å². The molecule has 2 aromatic carbocycles. The summed E-state index contributed by atoms with van der Waals surface area (Å²) in [6, 6.07) is 19.4. The lowest BCUT2D eigenvalue weighted by Crippen LogP contribution is -2.28. The van der Waals surface area contributed by atoms with Crippen LogP contribution in [0.2, 0.25) is 5.02 Å². The third-order valence-corrected chi connectivity index (χ3v) is 6.19. The van der Waals surface area contributed by atoms with Gasteiger partial charge >= 0.3 is 0 Å². The molecule has 1 aliphatic heterocycles. The van der Waals surface area contributed by atoms with E-state index in [2.05, 4.69) is 35.3 Å². The van der Waals surface area contributed by atoms with Crippen LogP contribution in [0.25, 0.3) is 11.3 Å². The molecule has 4 nitrogen and oxygen atoms in total. The van der Waals surface area contributed by atoms with E-state index in [4.69, 9.17) is 11.6 Å². The molecule has 4 aromatic rings. The van der Waals surface area contributed by atoms with Crippen LogP contribution in [0.15, 0.2) is 66.0 Å². The van der Waals surface area contributed by atoms with Crippen LogP contribution in [0, 0.1) is 6.92 Å². The highest BCUT2D eigenvalue weighted by Crippen LogP contribution is 2.46. The van der Waals surface area contributed by atoms with Gasteiger partial charge in [0.05, 0.1) is 5.69 Å². The Morgan fingerprint density at radius 3 is 2.50 bits per heavy atom. The summed E-state index contributed by atoms with van der Waals surface area (Å²) < 4.78 is 0. The molecule has 0 radical (unpaired) electrons. The van der Waals surface area contributed by atoms with Crippen molar-refractivity contribution in [3.63, 3.8) is 0 Å². The molecule has 0 saturated heterocycles. The molecular weight excluding hydrogens is 390 g/mol. The van der Waals surface area contributed by atoms with Gasteiger partial charge in [0.1, 0.15) is 11.7 Å². The Morgan fingerprint density at radius 2 is 1.82 bits per heavy atom. The number of carbonyl (C=O) groups excluding carboxylic acids is 1. The first-order valence-electron chi connectivity index (χ1n) is 8.91. The number of nitrogens with one attached hydrogen (secondary N) is 1. The van der Waals surface area contributed by atoms with Gasteiger partial charge in [-0.1, -0.05) is 47.5 Å². The van der Waals surface area contributed by atoms with Crippen LogP contribution >= 0.6 is 22.9 Å². The SMILES string of the molecule is Cc1ccc(-c2n[nH]c3c2C(c2cccs2)N(c2ccc(Cl)cc2)C3=O)cc1. The fourth-order valence-electron chi connectivity index (χ4n) is 3.66. The second kappa shape index (κ2) is 6.62. The fourth-order valence-corrected chi connectivity index (χ4v) is 4.61. The Balaban J connectivity index is 1.70. The molecule has 1 N–H and O–H groups in total. The Morgan fingerprint density at radius 1 is 1.07 bits per heavy atom. The largest absolute Gasteiger partial charge is 0.294 e. The number of aromatic amines is 1. The van der Waals surface area contributed by atoms with Gasteiger partial charge in [-0.15, -0.1) is 11.3 Å². The highest BCUT2D eigenvalue weighted by molar-refractivity contribution is 7.10. The van der Waals surface area contributed by atoms with Gasteiger partial charge in [0.15, 0.2) is 0 Å². The number of fused-ring (bicyclic) bond motifs is 1. The monoisotopic (exact) mass is 405 g/mol. The number of hydrogen-bond donors (Lipinski definition) is 1. The smallest absolute Gasteiger partial charge is 0.277 e. The van der Waals surface area contributed by atoms with Crippen molar-refractivity contribution < 1.29 is 4.79 Å². The maximum Gasteiger partial charge on any atom is 0.277 e. The summed E-state index contributed by atoms with van der Waals surface area (Å²) in [5, 5.41) is 10.2. The number of aromatic nitrogens is 2. The first kappa shape index (κ1) is 17.2. The number of halogens is 1. The number of anilines is 1. The highest BCUT2D eigenvalue weighted by atomic mass is 35.5. The number of nitrogens with zero attached hydrogens (tertiary/aromatic N) is 2. The molecule has 0 bridgehead atoms. The van der Waals surface area contributed by atoms with E-state index in [9.17, 15) is 4.79 Å². The van der Waals surface area contributed by atoms with Crippen LogP contribution in [0.1, 0.15) is 32.5 Å². The minimum absolute atomic E-state index is 0.0819. The minimum atomic E-state index is -0.223. The number of thiophene rings is 1. The maximum absolute atomic E-state index is 13.3. The summed E-state index contributed by atoms with van der Waals surface area (Å²) in [7, 11) is 0. The van der Waals surface area contributed by atoms with Gasteiger partial charge in [-0.2, -0.15) is 5.10 Å². The van der Waals surface area contributed by atoms with Crippen LogP contribution in [0.4, 0.5) is 5.69 Å². The molecule has 1 amide bonds. The lowest BCUT2D eigenvalue weighted by Gasteiger charge is -2.25. The van der Waals surface area contributed by atoms with Gasteiger partial charge in [0.25, 0.3) is 5.91 Å².